The van der Waals surface area contributed by atoms with E-state index in [1.54, 1.807) is 20.8 Å². The number of sulfonamides is 1. The Bertz CT molecular complexity index is 728. The van der Waals surface area contributed by atoms with Crippen LogP contribution in [0.3, 0.4) is 0 Å². The molecule has 1 aromatic rings. The van der Waals surface area contributed by atoms with Crippen molar-refractivity contribution in [1.29, 1.82) is 0 Å². The number of amides is 1. The maximum atomic E-state index is 12.9. The number of benzene rings is 1. The van der Waals surface area contributed by atoms with Gasteiger partial charge in [0.15, 0.2) is 0 Å². The number of hydrogen-bond acceptors (Lipinski definition) is 3. The van der Waals surface area contributed by atoms with Crippen LogP contribution in [0, 0.1) is 0 Å². The number of carbonyl (C=O) groups excluding carboxylic acids is 1. The number of likely N-dealkylation sites (N-methyl/N-ethyl adjacent to an activating group) is 1. The largest absolute Gasteiger partial charge is 0.417 e. The normalized spacial score (nSPS) is 13.2. The van der Waals surface area contributed by atoms with Gasteiger partial charge >= 0.3 is 6.18 Å². The molecule has 5 nitrogen and oxygen atoms in total. The van der Waals surface area contributed by atoms with Gasteiger partial charge in [-0.1, -0.05) is 11.6 Å². The van der Waals surface area contributed by atoms with Gasteiger partial charge in [-0.3, -0.25) is 4.79 Å². The summed E-state index contributed by atoms with van der Waals surface area (Å²) in [6, 6.07) is 2.28. The van der Waals surface area contributed by atoms with Gasteiger partial charge in [-0.15, -0.1) is 0 Å². The lowest BCUT2D eigenvalue weighted by atomic mass is 10.1. The Balaban J connectivity index is 3.10. The molecule has 0 radical (unpaired) electrons. The fraction of sp³-hybridized carbons (Fsp3) is 0.500. The Kier molecular flexibility index (Phi) is 5.95. The number of carbonyl (C=O) groups is 1. The van der Waals surface area contributed by atoms with Crippen LogP contribution in [-0.2, 0) is 21.0 Å². The van der Waals surface area contributed by atoms with Gasteiger partial charge in [0, 0.05) is 12.6 Å². The van der Waals surface area contributed by atoms with Gasteiger partial charge in [-0.05, 0) is 39.0 Å². The Labute approximate surface area is 143 Å². The summed E-state index contributed by atoms with van der Waals surface area (Å²) in [6.07, 6.45) is -4.79. The number of hydrogen-bond donors (Lipinski definition) is 1. The third-order valence-electron chi connectivity index (χ3n) is 2.83. The molecule has 0 spiro atoms. The predicted octanol–water partition coefficient (Wildman–Crippen LogP) is 2.89. The van der Waals surface area contributed by atoms with Crippen LogP contribution in [0.15, 0.2) is 23.1 Å². The fourth-order valence-corrected chi connectivity index (χ4v) is 3.19. The maximum Gasteiger partial charge on any atom is 0.417 e. The van der Waals surface area contributed by atoms with E-state index >= 15 is 0 Å². The van der Waals surface area contributed by atoms with Crippen molar-refractivity contribution >= 4 is 27.5 Å². The molecule has 0 atom stereocenters. The van der Waals surface area contributed by atoms with Gasteiger partial charge in [-0.2, -0.15) is 17.5 Å². The number of nitrogens with one attached hydrogen (secondary N) is 1. The molecule has 24 heavy (non-hydrogen) atoms. The standard InChI is InChI=1S/C14H18ClF3N2O3S/c1-13(2,3)19-12(21)8-20(4)24(22,23)9-5-6-11(15)10(7-9)14(16,17)18/h5-7H,8H2,1-4H3,(H,19,21). The van der Waals surface area contributed by atoms with Crippen molar-refractivity contribution in [3.05, 3.63) is 28.8 Å². The van der Waals surface area contributed by atoms with E-state index in [2.05, 4.69) is 5.32 Å². The SMILES string of the molecule is CN(CC(=O)NC(C)(C)C)S(=O)(=O)c1ccc(Cl)c(C(F)(F)F)c1. The molecule has 10 heteroatoms. The van der Waals surface area contributed by atoms with E-state index in [1.165, 1.54) is 0 Å². The summed E-state index contributed by atoms with van der Waals surface area (Å²) in [5, 5.41) is 1.97. The molecule has 0 fully saturated rings. The van der Waals surface area contributed by atoms with Gasteiger partial charge in [0.05, 0.1) is 22.0 Å². The minimum absolute atomic E-state index is 0.454. The molecule has 0 aliphatic carbocycles. The predicted molar refractivity (Wildman–Crippen MR) is 84.2 cm³/mol. The second-order valence-electron chi connectivity index (χ2n) is 6.20. The van der Waals surface area contributed by atoms with Gasteiger partial charge < -0.3 is 5.32 Å². The minimum Gasteiger partial charge on any atom is -0.350 e. The molecule has 1 aromatic carbocycles. The van der Waals surface area contributed by atoms with Gasteiger partial charge in [0.1, 0.15) is 0 Å². The van der Waals surface area contributed by atoms with Crippen molar-refractivity contribution < 1.29 is 26.4 Å². The van der Waals surface area contributed by atoms with E-state index in [4.69, 9.17) is 11.6 Å². The Morgan fingerprint density at radius 2 is 1.79 bits per heavy atom. The Morgan fingerprint density at radius 3 is 2.25 bits per heavy atom. The van der Waals surface area contributed by atoms with E-state index < -0.39 is 49.7 Å². The number of nitrogens with zero attached hydrogens (tertiary/aromatic N) is 1. The average Bonchev–Trinajstić information content (AvgIpc) is 2.34. The molecule has 0 saturated heterocycles. The highest BCUT2D eigenvalue weighted by atomic mass is 35.5. The second-order valence-corrected chi connectivity index (χ2v) is 8.65. The molecular formula is C14H18ClF3N2O3S. The fourth-order valence-electron chi connectivity index (χ4n) is 1.81. The first-order valence-corrected chi connectivity index (χ1v) is 8.60. The lowest BCUT2D eigenvalue weighted by Gasteiger charge is -2.23. The highest BCUT2D eigenvalue weighted by Gasteiger charge is 2.35. The van der Waals surface area contributed by atoms with Crippen molar-refractivity contribution in [2.75, 3.05) is 13.6 Å². The van der Waals surface area contributed by atoms with Crippen molar-refractivity contribution in [2.45, 2.75) is 37.4 Å². The van der Waals surface area contributed by atoms with Crippen LogP contribution >= 0.6 is 11.6 Å². The van der Waals surface area contributed by atoms with E-state index in [1.807, 2.05) is 0 Å². The topological polar surface area (TPSA) is 66.5 Å². The average molecular weight is 387 g/mol. The Morgan fingerprint density at radius 1 is 1.25 bits per heavy atom. The molecule has 0 heterocycles. The monoisotopic (exact) mass is 386 g/mol. The molecule has 0 aliphatic heterocycles. The lowest BCUT2D eigenvalue weighted by Crippen LogP contribution is -2.46. The second kappa shape index (κ2) is 6.89. The van der Waals surface area contributed by atoms with Crippen LogP contribution in [-0.4, -0.2) is 37.8 Å². The van der Waals surface area contributed by atoms with Gasteiger partial charge in [0.25, 0.3) is 0 Å². The first-order chi connectivity index (χ1) is 10.6. The number of halogens is 4. The molecule has 1 amide bonds. The summed E-state index contributed by atoms with van der Waals surface area (Å²) < 4.78 is 64.0. The molecule has 0 saturated carbocycles. The van der Waals surface area contributed by atoms with E-state index in [9.17, 15) is 26.4 Å². The zero-order valence-electron chi connectivity index (χ0n) is 13.5. The van der Waals surface area contributed by atoms with Crippen LogP contribution in [0.4, 0.5) is 13.2 Å². The van der Waals surface area contributed by atoms with Crippen LogP contribution in [0.25, 0.3) is 0 Å². The minimum atomic E-state index is -4.79. The molecular weight excluding hydrogens is 369 g/mol. The molecule has 1 rings (SSSR count). The van der Waals surface area contributed by atoms with Crippen molar-refractivity contribution in [1.82, 2.24) is 9.62 Å². The first kappa shape index (κ1) is 20.7. The summed E-state index contributed by atoms with van der Waals surface area (Å²) in [7, 11) is -3.16. The molecule has 0 unspecified atom stereocenters. The first-order valence-electron chi connectivity index (χ1n) is 6.79. The molecule has 0 aliphatic rings. The highest BCUT2D eigenvalue weighted by Crippen LogP contribution is 2.36. The van der Waals surface area contributed by atoms with E-state index in [-0.39, 0.29) is 0 Å². The third-order valence-corrected chi connectivity index (χ3v) is 4.96. The number of alkyl halides is 3. The lowest BCUT2D eigenvalue weighted by molar-refractivity contribution is -0.137. The van der Waals surface area contributed by atoms with Crippen LogP contribution in [0.1, 0.15) is 26.3 Å². The zero-order chi connectivity index (χ0) is 18.9. The smallest absolute Gasteiger partial charge is 0.350 e. The quantitative estimate of drug-likeness (QED) is 0.865. The van der Waals surface area contributed by atoms with Crippen LogP contribution in [0.2, 0.25) is 5.02 Å². The molecule has 0 bridgehead atoms. The highest BCUT2D eigenvalue weighted by molar-refractivity contribution is 7.89. The van der Waals surface area contributed by atoms with Crippen molar-refractivity contribution in [3.8, 4) is 0 Å². The summed E-state index contributed by atoms with van der Waals surface area (Å²) in [5.41, 5.74) is -1.82. The molecule has 0 aromatic heterocycles. The molecule has 1 N–H and O–H groups in total. The van der Waals surface area contributed by atoms with Crippen molar-refractivity contribution in [2.24, 2.45) is 0 Å². The Hall–Kier alpha value is -1.32. The molecule has 136 valence electrons. The summed E-state index contributed by atoms with van der Waals surface area (Å²) >= 11 is 5.47. The van der Waals surface area contributed by atoms with Crippen LogP contribution in [0.5, 0.6) is 0 Å². The summed E-state index contributed by atoms with van der Waals surface area (Å²) in [6.45, 7) is 4.63. The summed E-state index contributed by atoms with van der Waals surface area (Å²) in [5.74, 6) is -0.571. The zero-order valence-corrected chi connectivity index (χ0v) is 15.1. The van der Waals surface area contributed by atoms with Crippen molar-refractivity contribution in [3.63, 3.8) is 0 Å². The third kappa shape index (κ3) is 5.35. The summed E-state index contributed by atoms with van der Waals surface area (Å²) in [4.78, 5) is 11.2. The van der Waals surface area contributed by atoms with E-state index in [0.29, 0.717) is 10.4 Å². The van der Waals surface area contributed by atoms with Crippen LogP contribution < -0.4 is 5.32 Å². The number of rotatable bonds is 4. The maximum absolute atomic E-state index is 12.9. The van der Waals surface area contributed by atoms with E-state index in [0.717, 1.165) is 19.2 Å². The van der Waals surface area contributed by atoms with Gasteiger partial charge in [0.2, 0.25) is 15.9 Å². The van der Waals surface area contributed by atoms with Gasteiger partial charge in [-0.25, -0.2) is 8.42 Å².